The molecule has 1 aliphatic rings. The van der Waals surface area contributed by atoms with Gasteiger partial charge in [0.25, 0.3) is 11.8 Å². The third kappa shape index (κ3) is 5.32. The molecule has 0 bridgehead atoms. The van der Waals surface area contributed by atoms with Crippen LogP contribution in [0.5, 0.6) is 5.75 Å². The van der Waals surface area contributed by atoms with Gasteiger partial charge in [0.15, 0.2) is 28.6 Å². The monoisotopic (exact) mass is 581 g/mol. The molecule has 1 aliphatic heterocycles. The highest BCUT2D eigenvalue weighted by Gasteiger charge is 2.34. The van der Waals surface area contributed by atoms with E-state index in [0.717, 1.165) is 0 Å². The van der Waals surface area contributed by atoms with Gasteiger partial charge in [0.1, 0.15) is 10.8 Å². The van der Waals surface area contributed by atoms with Crippen LogP contribution in [0.3, 0.4) is 0 Å². The van der Waals surface area contributed by atoms with Crippen molar-refractivity contribution in [2.45, 2.75) is 12.5 Å². The Morgan fingerprint density at radius 2 is 1.92 bits per heavy atom. The molecule has 1 aromatic carbocycles. The summed E-state index contributed by atoms with van der Waals surface area (Å²) in [6.45, 7) is 0. The van der Waals surface area contributed by atoms with E-state index in [9.17, 15) is 14.4 Å². The molecular formula is C22H18Cl3N7O4S. The number of halogens is 3. The van der Waals surface area contributed by atoms with E-state index in [1.54, 1.807) is 36.5 Å². The Labute approximate surface area is 229 Å². The van der Waals surface area contributed by atoms with Crippen LogP contribution >= 0.6 is 46.1 Å². The lowest BCUT2D eigenvalue weighted by molar-refractivity contribution is -0.125. The average Bonchev–Trinajstić information content (AvgIpc) is 3.52. The van der Waals surface area contributed by atoms with E-state index < -0.39 is 23.9 Å². The summed E-state index contributed by atoms with van der Waals surface area (Å²) in [7, 11) is 3.35. The maximum absolute atomic E-state index is 12.8. The van der Waals surface area contributed by atoms with Crippen LogP contribution in [0.15, 0.2) is 23.6 Å². The highest BCUT2D eigenvalue weighted by atomic mass is 35.5. The number of nitrogen functional groups attached to an aromatic ring is 1. The third-order valence-electron chi connectivity index (χ3n) is 5.18. The number of rotatable bonds is 5. The summed E-state index contributed by atoms with van der Waals surface area (Å²) in [6.07, 6.45) is -1.03. The Balaban J connectivity index is 1.43. The number of fused-ring (bicyclic) bond motifs is 1. The fraction of sp³-hybridized carbons (Fsp3) is 0.182. The fourth-order valence-corrected chi connectivity index (χ4v) is 4.92. The van der Waals surface area contributed by atoms with E-state index in [2.05, 4.69) is 20.6 Å². The quantitative estimate of drug-likeness (QED) is 0.202. The molecule has 1 unspecified atom stereocenters. The van der Waals surface area contributed by atoms with Crippen LogP contribution in [0.4, 0.5) is 11.6 Å². The van der Waals surface area contributed by atoms with Gasteiger partial charge in [0.05, 0.1) is 9.90 Å². The predicted molar refractivity (Wildman–Crippen MR) is 141 cm³/mol. The number of amides is 2. The van der Waals surface area contributed by atoms with Gasteiger partial charge in [-0.1, -0.05) is 40.9 Å². The average molecular weight is 583 g/mol. The summed E-state index contributed by atoms with van der Waals surface area (Å²) in [5, 5.41) is 14.1. The Bertz CT molecular complexity index is 1450. The Kier molecular flexibility index (Phi) is 7.55. The standard InChI is InChI=1S/C22H18Cl3N7O4S/c1-32(2)19-17(25)28-14(18(26)29-19)21(35)31-22(27)30-20(34)10-7-8-6-9(12(23)13(24)16(8)36-10)15(33)11-4-3-5-37-11/h3-6,10H,7H2,1-2H3,(H2,26,29)(H3,27,30,31,34,35). The van der Waals surface area contributed by atoms with Crippen molar-refractivity contribution in [2.24, 2.45) is 0 Å². The lowest BCUT2D eigenvalue weighted by Gasteiger charge is -2.15. The molecule has 0 fully saturated rings. The number of carbonyl (C=O) groups is 3. The first-order chi connectivity index (χ1) is 17.5. The zero-order valence-corrected chi connectivity index (χ0v) is 22.3. The van der Waals surface area contributed by atoms with Gasteiger partial charge in [-0.25, -0.2) is 9.97 Å². The maximum atomic E-state index is 12.8. The molecule has 0 spiro atoms. The molecule has 0 saturated carbocycles. The van der Waals surface area contributed by atoms with Crippen LogP contribution in [0.2, 0.25) is 15.2 Å². The molecule has 0 radical (unpaired) electrons. The van der Waals surface area contributed by atoms with Crippen molar-refractivity contribution < 1.29 is 19.1 Å². The smallest absolute Gasteiger partial charge is 0.280 e. The van der Waals surface area contributed by atoms with Crippen molar-refractivity contribution >= 4 is 81.3 Å². The van der Waals surface area contributed by atoms with E-state index >= 15 is 0 Å². The van der Waals surface area contributed by atoms with Crippen molar-refractivity contribution in [3.05, 3.63) is 60.5 Å². The topological polar surface area (TPSA) is 163 Å². The number of thiophene rings is 1. The van der Waals surface area contributed by atoms with Gasteiger partial charge in [-0.05, 0) is 17.5 Å². The molecule has 2 aromatic heterocycles. The number of nitrogens with two attached hydrogens (primary N) is 1. The van der Waals surface area contributed by atoms with Gasteiger partial charge in [0.2, 0.25) is 11.7 Å². The molecule has 5 N–H and O–H groups in total. The molecule has 0 saturated heterocycles. The van der Waals surface area contributed by atoms with Crippen LogP contribution < -0.4 is 26.0 Å². The zero-order chi connectivity index (χ0) is 27.0. The number of ether oxygens (including phenoxy) is 1. The van der Waals surface area contributed by atoms with E-state index in [1.807, 2.05) is 0 Å². The lowest BCUT2D eigenvalue weighted by Crippen LogP contribution is -2.48. The second kappa shape index (κ2) is 10.5. The first-order valence-corrected chi connectivity index (χ1v) is 12.5. The zero-order valence-electron chi connectivity index (χ0n) is 19.2. The highest BCUT2D eigenvalue weighted by molar-refractivity contribution is 7.12. The normalized spacial score (nSPS) is 13.9. The molecule has 3 heterocycles. The maximum Gasteiger partial charge on any atom is 0.280 e. The minimum absolute atomic E-state index is 0.00449. The molecule has 4 rings (SSSR count). The number of nitrogens with one attached hydrogen (secondary N) is 3. The fourth-order valence-electron chi connectivity index (χ4n) is 3.45. The Morgan fingerprint density at radius 3 is 2.57 bits per heavy atom. The number of hydrogen-bond acceptors (Lipinski definition) is 10. The van der Waals surface area contributed by atoms with Gasteiger partial charge in [-0.2, -0.15) is 0 Å². The van der Waals surface area contributed by atoms with Crippen molar-refractivity contribution in [2.75, 3.05) is 24.7 Å². The number of hydrogen-bond donors (Lipinski definition) is 4. The SMILES string of the molecule is CN(C)c1nc(N)c(C(=O)NC(=N)NC(=O)C2Cc3cc(C(=O)c4cccs4)c(Cl)c(Cl)c3O2)nc1Cl. The summed E-state index contributed by atoms with van der Waals surface area (Å²) in [5.41, 5.74) is 6.18. The first kappa shape index (κ1) is 26.6. The molecular weight excluding hydrogens is 565 g/mol. The van der Waals surface area contributed by atoms with Crippen molar-refractivity contribution in [1.82, 2.24) is 20.6 Å². The summed E-state index contributed by atoms with van der Waals surface area (Å²) >= 11 is 20.0. The van der Waals surface area contributed by atoms with Crippen molar-refractivity contribution in [3.63, 3.8) is 0 Å². The second-order valence-electron chi connectivity index (χ2n) is 7.94. The number of carbonyl (C=O) groups excluding carboxylic acids is 3. The lowest BCUT2D eigenvalue weighted by atomic mass is 10.0. The van der Waals surface area contributed by atoms with Crippen molar-refractivity contribution in [1.29, 1.82) is 5.41 Å². The number of guanidine groups is 1. The number of ketones is 1. The molecule has 0 aliphatic carbocycles. The molecule has 192 valence electrons. The van der Waals surface area contributed by atoms with E-state index in [-0.39, 0.29) is 56.0 Å². The van der Waals surface area contributed by atoms with Crippen LogP contribution in [-0.2, 0) is 11.2 Å². The minimum Gasteiger partial charge on any atom is -0.478 e. The molecule has 1 atom stereocenters. The second-order valence-corrected chi connectivity index (χ2v) is 10.0. The van der Waals surface area contributed by atoms with Crippen LogP contribution in [-0.4, -0.2) is 53.7 Å². The largest absolute Gasteiger partial charge is 0.478 e. The Morgan fingerprint density at radius 1 is 1.19 bits per heavy atom. The van der Waals surface area contributed by atoms with Gasteiger partial charge in [0, 0.05) is 31.6 Å². The van der Waals surface area contributed by atoms with E-state index in [1.165, 1.54) is 17.4 Å². The molecule has 2 amide bonds. The van der Waals surface area contributed by atoms with Crippen LogP contribution in [0, 0.1) is 5.41 Å². The van der Waals surface area contributed by atoms with Gasteiger partial charge in [-0.15, -0.1) is 11.3 Å². The number of aromatic nitrogens is 2. The van der Waals surface area contributed by atoms with Gasteiger partial charge in [-0.3, -0.25) is 30.4 Å². The number of nitrogens with zero attached hydrogens (tertiary/aromatic N) is 3. The minimum atomic E-state index is -1.09. The summed E-state index contributed by atoms with van der Waals surface area (Å²) in [4.78, 5) is 48.1. The Hall–Kier alpha value is -3.45. The summed E-state index contributed by atoms with van der Waals surface area (Å²) in [5.74, 6) is -2.37. The van der Waals surface area contributed by atoms with E-state index in [4.69, 9.17) is 50.7 Å². The van der Waals surface area contributed by atoms with Crippen LogP contribution in [0.1, 0.15) is 31.3 Å². The number of anilines is 2. The third-order valence-corrected chi connectivity index (χ3v) is 7.15. The van der Waals surface area contributed by atoms with E-state index in [0.29, 0.717) is 10.4 Å². The van der Waals surface area contributed by atoms with Crippen molar-refractivity contribution in [3.8, 4) is 5.75 Å². The summed E-state index contributed by atoms with van der Waals surface area (Å²) < 4.78 is 5.66. The van der Waals surface area contributed by atoms with Crippen LogP contribution in [0.25, 0.3) is 0 Å². The summed E-state index contributed by atoms with van der Waals surface area (Å²) in [6, 6.07) is 4.95. The highest BCUT2D eigenvalue weighted by Crippen LogP contribution is 2.43. The predicted octanol–water partition coefficient (Wildman–Crippen LogP) is 3.16. The first-order valence-electron chi connectivity index (χ1n) is 10.4. The van der Waals surface area contributed by atoms with Gasteiger partial charge < -0.3 is 15.4 Å². The number of benzene rings is 1. The molecule has 3 aromatic rings. The molecule has 37 heavy (non-hydrogen) atoms. The molecule has 11 nitrogen and oxygen atoms in total. The molecule has 15 heteroatoms. The van der Waals surface area contributed by atoms with Gasteiger partial charge >= 0.3 is 0 Å².